The molecule has 0 unspecified atom stereocenters. The van der Waals surface area contributed by atoms with Gasteiger partial charge in [0.15, 0.2) is 0 Å². The summed E-state index contributed by atoms with van der Waals surface area (Å²) >= 11 is 0. The molecule has 0 fully saturated rings. The molecule has 0 amide bonds. The molecular weight excluding hydrogens is 200 g/mol. The van der Waals surface area contributed by atoms with Gasteiger partial charge in [-0.3, -0.25) is 5.41 Å². The highest BCUT2D eigenvalue weighted by Gasteiger charge is 2.21. The molecule has 84 valence electrons. The first-order chi connectivity index (χ1) is 6.84. The van der Waals surface area contributed by atoms with E-state index in [4.69, 9.17) is 15.6 Å². The van der Waals surface area contributed by atoms with Crippen LogP contribution in [0, 0.1) is 11.3 Å². The van der Waals surface area contributed by atoms with Crippen LogP contribution in [-0.4, -0.2) is 34.0 Å². The molecule has 0 saturated carbocycles. The maximum Gasteiger partial charge on any atom is 0.328 e. The van der Waals surface area contributed by atoms with E-state index in [9.17, 15) is 9.59 Å². The number of aliphatic carboxylic acids is 2. The summed E-state index contributed by atoms with van der Waals surface area (Å²) in [5.74, 6) is -2.68. The van der Waals surface area contributed by atoms with Crippen LogP contribution >= 0.6 is 0 Å². The van der Waals surface area contributed by atoms with Crippen molar-refractivity contribution in [2.45, 2.75) is 19.9 Å². The lowest BCUT2D eigenvalue weighted by Crippen LogP contribution is -2.43. The summed E-state index contributed by atoms with van der Waals surface area (Å²) in [6.45, 7) is 3.39. The van der Waals surface area contributed by atoms with E-state index in [2.05, 4.69) is 5.32 Å². The third kappa shape index (κ3) is 5.45. The average molecular weight is 214 g/mol. The molecule has 0 spiro atoms. The van der Waals surface area contributed by atoms with E-state index < -0.39 is 18.0 Å². The highest BCUT2D eigenvalue weighted by atomic mass is 16.4. The van der Waals surface area contributed by atoms with E-state index in [1.165, 1.54) is 0 Å². The van der Waals surface area contributed by atoms with Crippen LogP contribution < -0.4 is 5.32 Å². The molecular formula is C9H14N2O4. The van der Waals surface area contributed by atoms with Crippen molar-refractivity contribution in [3.05, 3.63) is 12.2 Å². The Morgan fingerprint density at radius 2 is 1.80 bits per heavy atom. The van der Waals surface area contributed by atoms with E-state index in [0.29, 0.717) is 0 Å². The molecule has 0 saturated heterocycles. The quantitative estimate of drug-likeness (QED) is 0.299. The number of carboxylic acids is 2. The summed E-state index contributed by atoms with van der Waals surface area (Å²) in [6.07, 6.45) is 1.77. The Morgan fingerprint density at radius 3 is 2.13 bits per heavy atom. The second-order valence-electron chi connectivity index (χ2n) is 3.29. The van der Waals surface area contributed by atoms with Crippen molar-refractivity contribution in [1.29, 1.82) is 5.41 Å². The zero-order valence-corrected chi connectivity index (χ0v) is 8.52. The lowest BCUT2D eigenvalue weighted by Gasteiger charge is -2.17. The molecule has 0 aliphatic heterocycles. The van der Waals surface area contributed by atoms with Crippen molar-refractivity contribution in [3.8, 4) is 0 Å². The standard InChI is InChI=1S/C9H14N2O4/c1-5(2)8(9(14)15)11-6(10)3-4-7(12)13/h3-5,8H,1-2H3,(H2,10,11)(H,12,13)(H,14,15)/b4-3-/t8-/m0/s1. The molecule has 0 aliphatic carbocycles. The van der Waals surface area contributed by atoms with Crippen LogP contribution in [-0.2, 0) is 9.59 Å². The Kier molecular flexibility index (Phi) is 5.08. The molecule has 6 nitrogen and oxygen atoms in total. The van der Waals surface area contributed by atoms with Gasteiger partial charge in [-0.05, 0) is 12.0 Å². The van der Waals surface area contributed by atoms with E-state index in [0.717, 1.165) is 12.2 Å². The molecule has 0 aliphatic rings. The van der Waals surface area contributed by atoms with E-state index in [1.807, 2.05) is 0 Å². The number of hydrogen-bond acceptors (Lipinski definition) is 3. The van der Waals surface area contributed by atoms with Gasteiger partial charge in [-0.1, -0.05) is 13.8 Å². The normalized spacial score (nSPS) is 12.7. The van der Waals surface area contributed by atoms with Crippen LogP contribution in [0.1, 0.15) is 13.8 Å². The lowest BCUT2D eigenvalue weighted by molar-refractivity contribution is -0.140. The van der Waals surface area contributed by atoms with Gasteiger partial charge in [-0.15, -0.1) is 0 Å². The zero-order valence-electron chi connectivity index (χ0n) is 8.52. The molecule has 0 aromatic carbocycles. The number of carboxylic acid groups (broad SMARTS) is 2. The predicted molar refractivity (Wildman–Crippen MR) is 53.9 cm³/mol. The van der Waals surface area contributed by atoms with E-state index in [-0.39, 0.29) is 11.8 Å². The summed E-state index contributed by atoms with van der Waals surface area (Å²) in [5, 5.41) is 26.7. The number of carbonyl (C=O) groups is 2. The van der Waals surface area contributed by atoms with Crippen LogP contribution in [0.3, 0.4) is 0 Å². The molecule has 0 radical (unpaired) electrons. The fraction of sp³-hybridized carbons (Fsp3) is 0.444. The fourth-order valence-electron chi connectivity index (χ4n) is 0.884. The van der Waals surface area contributed by atoms with Gasteiger partial charge < -0.3 is 15.5 Å². The second kappa shape index (κ2) is 5.79. The van der Waals surface area contributed by atoms with Crippen molar-refractivity contribution in [2.75, 3.05) is 0 Å². The summed E-state index contributed by atoms with van der Waals surface area (Å²) in [7, 11) is 0. The average Bonchev–Trinajstić information content (AvgIpc) is 2.09. The van der Waals surface area contributed by atoms with Crippen molar-refractivity contribution in [3.63, 3.8) is 0 Å². The van der Waals surface area contributed by atoms with Crippen molar-refractivity contribution in [2.24, 2.45) is 5.92 Å². The minimum Gasteiger partial charge on any atom is -0.480 e. The summed E-state index contributed by atoms with van der Waals surface area (Å²) in [4.78, 5) is 20.8. The Morgan fingerprint density at radius 1 is 1.27 bits per heavy atom. The van der Waals surface area contributed by atoms with Gasteiger partial charge >= 0.3 is 11.9 Å². The number of amidine groups is 1. The first kappa shape index (κ1) is 13.2. The SMILES string of the molecule is CC(C)[C@H](NC(=N)/C=C\C(=O)O)C(=O)O. The monoisotopic (exact) mass is 214 g/mol. The van der Waals surface area contributed by atoms with Crippen LogP contribution in [0.15, 0.2) is 12.2 Å². The largest absolute Gasteiger partial charge is 0.480 e. The maximum atomic E-state index is 10.7. The van der Waals surface area contributed by atoms with Gasteiger partial charge in [-0.25, -0.2) is 9.59 Å². The lowest BCUT2D eigenvalue weighted by atomic mass is 10.0. The van der Waals surface area contributed by atoms with Gasteiger partial charge in [-0.2, -0.15) is 0 Å². The van der Waals surface area contributed by atoms with Crippen molar-refractivity contribution < 1.29 is 19.8 Å². The second-order valence-corrected chi connectivity index (χ2v) is 3.29. The van der Waals surface area contributed by atoms with Crippen LogP contribution in [0.2, 0.25) is 0 Å². The Hall–Kier alpha value is -1.85. The number of nitrogens with one attached hydrogen (secondary N) is 2. The first-order valence-corrected chi connectivity index (χ1v) is 4.33. The summed E-state index contributed by atoms with van der Waals surface area (Å²) in [6, 6.07) is -0.893. The molecule has 0 rings (SSSR count). The smallest absolute Gasteiger partial charge is 0.328 e. The van der Waals surface area contributed by atoms with Crippen LogP contribution in [0.4, 0.5) is 0 Å². The van der Waals surface area contributed by atoms with Gasteiger partial charge in [0.1, 0.15) is 11.9 Å². The van der Waals surface area contributed by atoms with Crippen molar-refractivity contribution >= 4 is 17.8 Å². The Bertz CT molecular complexity index is 296. The summed E-state index contributed by atoms with van der Waals surface area (Å²) < 4.78 is 0. The summed E-state index contributed by atoms with van der Waals surface area (Å²) in [5.41, 5.74) is 0. The number of hydrogen-bond donors (Lipinski definition) is 4. The number of rotatable bonds is 5. The topological polar surface area (TPSA) is 110 Å². The highest BCUT2D eigenvalue weighted by Crippen LogP contribution is 2.01. The molecule has 15 heavy (non-hydrogen) atoms. The van der Waals surface area contributed by atoms with Crippen LogP contribution in [0.25, 0.3) is 0 Å². The molecule has 6 heteroatoms. The molecule has 1 atom stereocenters. The van der Waals surface area contributed by atoms with Gasteiger partial charge in [0.05, 0.1) is 0 Å². The molecule has 0 bridgehead atoms. The van der Waals surface area contributed by atoms with E-state index in [1.54, 1.807) is 13.8 Å². The molecule has 4 N–H and O–H groups in total. The van der Waals surface area contributed by atoms with Gasteiger partial charge in [0, 0.05) is 6.08 Å². The first-order valence-electron chi connectivity index (χ1n) is 4.33. The highest BCUT2D eigenvalue weighted by molar-refractivity contribution is 5.97. The molecule has 0 aromatic rings. The minimum atomic E-state index is -1.18. The van der Waals surface area contributed by atoms with E-state index >= 15 is 0 Å². The third-order valence-electron chi connectivity index (χ3n) is 1.64. The van der Waals surface area contributed by atoms with Crippen LogP contribution in [0.5, 0.6) is 0 Å². The molecule has 0 aromatic heterocycles. The Labute approximate surface area is 87.1 Å². The predicted octanol–water partition coefficient (Wildman–Crippen LogP) is 0.303. The zero-order chi connectivity index (χ0) is 12.0. The molecule has 0 heterocycles. The third-order valence-corrected chi connectivity index (χ3v) is 1.64. The Balaban J connectivity index is 4.37. The minimum absolute atomic E-state index is 0.193. The fourth-order valence-corrected chi connectivity index (χ4v) is 0.884. The van der Waals surface area contributed by atoms with Crippen molar-refractivity contribution in [1.82, 2.24) is 5.32 Å². The van der Waals surface area contributed by atoms with Gasteiger partial charge in [0.2, 0.25) is 0 Å². The van der Waals surface area contributed by atoms with Gasteiger partial charge in [0.25, 0.3) is 0 Å². The maximum absolute atomic E-state index is 10.7.